The van der Waals surface area contributed by atoms with Crippen molar-refractivity contribution < 1.29 is 18.1 Å². The van der Waals surface area contributed by atoms with Crippen LogP contribution in [0.25, 0.3) is 0 Å². The topological polar surface area (TPSA) is 20.2 Å². The molecule has 0 aliphatic carbocycles. The van der Waals surface area contributed by atoms with Crippen LogP contribution in [-0.4, -0.2) is 12.1 Å². The largest absolute Gasteiger partial charge is 0.513 e. The molecule has 1 rings (SSSR count). The molecule has 0 heterocycles. The van der Waals surface area contributed by atoms with Gasteiger partial charge in [0.25, 0.3) is 0 Å². The van der Waals surface area contributed by atoms with Crippen LogP contribution in [0.2, 0.25) is 5.02 Å². The van der Waals surface area contributed by atoms with E-state index in [1.54, 1.807) is 0 Å². The van der Waals surface area contributed by atoms with Gasteiger partial charge < -0.3 is 18.1 Å². The minimum absolute atomic E-state index is 0.0398. The van der Waals surface area contributed by atoms with Crippen LogP contribution >= 0.6 is 11.6 Å². The van der Waals surface area contributed by atoms with E-state index in [0.29, 0.717) is 6.07 Å². The van der Waals surface area contributed by atoms with Crippen LogP contribution in [0.15, 0.2) is 18.2 Å². The van der Waals surface area contributed by atoms with Gasteiger partial charge in [0.2, 0.25) is 0 Å². The van der Waals surface area contributed by atoms with Gasteiger partial charge in [-0.05, 0) is 12.1 Å². The highest BCUT2D eigenvalue weighted by Gasteiger charge is 2.28. The van der Waals surface area contributed by atoms with E-state index < -0.39 is 18.2 Å². The number of hydrogen-bond acceptors (Lipinski definition) is 1. The molecule has 0 atom stereocenters. The van der Waals surface area contributed by atoms with E-state index in [2.05, 4.69) is 0 Å². The zero-order valence-electron chi connectivity index (χ0n) is 5.77. The normalized spacial score (nSPS) is 11.7. The third-order valence-corrected chi connectivity index (χ3v) is 1.58. The Kier molecular flexibility index (Phi) is 2.23. The highest BCUT2D eigenvalue weighted by Crippen LogP contribution is 2.19. The Bertz CT molecular complexity index is 299. The Labute approximate surface area is 71.8 Å². The molecule has 12 heavy (non-hydrogen) atoms. The predicted molar refractivity (Wildman–Crippen MR) is 41.8 cm³/mol. The monoisotopic (exact) mass is 195 g/mol. The molecule has 0 saturated carbocycles. The number of halogens is 4. The number of benzene rings is 1. The molecule has 0 aliphatic heterocycles. The SMILES string of the molecule is Oc1ccc(Cl)cc1[B-](F)(F)F. The van der Waals surface area contributed by atoms with Crippen LogP contribution in [0.5, 0.6) is 5.75 Å². The molecule has 0 unspecified atom stereocenters. The molecule has 0 spiro atoms. The molecule has 1 aromatic rings. The Hall–Kier alpha value is -0.835. The lowest BCUT2D eigenvalue weighted by Gasteiger charge is -2.16. The summed E-state index contributed by atoms with van der Waals surface area (Å²) in [6.07, 6.45) is 0. The van der Waals surface area contributed by atoms with Crippen LogP contribution in [0, 0.1) is 0 Å². The minimum Gasteiger partial charge on any atom is -0.511 e. The lowest BCUT2D eigenvalue weighted by Crippen LogP contribution is -2.34. The quantitative estimate of drug-likeness (QED) is 0.680. The van der Waals surface area contributed by atoms with Crippen molar-refractivity contribution in [2.45, 2.75) is 0 Å². The Morgan fingerprint density at radius 1 is 1.25 bits per heavy atom. The first-order valence-electron chi connectivity index (χ1n) is 3.09. The van der Waals surface area contributed by atoms with Gasteiger partial charge in [0, 0.05) is 5.02 Å². The second kappa shape index (κ2) is 2.90. The summed E-state index contributed by atoms with van der Waals surface area (Å²) in [4.78, 5) is 0. The highest BCUT2D eigenvalue weighted by atomic mass is 35.5. The third-order valence-electron chi connectivity index (χ3n) is 1.34. The average Bonchev–Trinajstić information content (AvgIpc) is 1.92. The summed E-state index contributed by atoms with van der Waals surface area (Å²) in [6.45, 7) is -5.18. The second-order valence-corrected chi connectivity index (χ2v) is 2.71. The Morgan fingerprint density at radius 2 is 1.83 bits per heavy atom. The van der Waals surface area contributed by atoms with Gasteiger partial charge >= 0.3 is 6.98 Å². The minimum atomic E-state index is -5.18. The first kappa shape index (κ1) is 9.25. The number of phenols is 1. The van der Waals surface area contributed by atoms with E-state index >= 15 is 0 Å². The molecule has 1 aromatic carbocycles. The van der Waals surface area contributed by atoms with E-state index in [0.717, 1.165) is 6.07 Å². The van der Waals surface area contributed by atoms with Gasteiger partial charge in [-0.3, -0.25) is 0 Å². The maximum atomic E-state index is 12.1. The number of phenolic OH excluding ortho intramolecular Hbond substituents is 1. The molecule has 66 valence electrons. The van der Waals surface area contributed by atoms with Crippen LogP contribution in [0.4, 0.5) is 12.9 Å². The molecule has 6 heteroatoms. The van der Waals surface area contributed by atoms with Gasteiger partial charge in [-0.25, -0.2) is 0 Å². The van der Waals surface area contributed by atoms with E-state index in [-0.39, 0.29) is 5.02 Å². The Balaban J connectivity index is 3.23. The van der Waals surface area contributed by atoms with Crippen molar-refractivity contribution in [2.24, 2.45) is 0 Å². The molecule has 0 saturated heterocycles. The summed E-state index contributed by atoms with van der Waals surface area (Å²) >= 11 is 5.32. The van der Waals surface area contributed by atoms with Crippen molar-refractivity contribution in [3.8, 4) is 5.75 Å². The molecule has 0 radical (unpaired) electrons. The molecule has 1 N–H and O–H groups in total. The van der Waals surface area contributed by atoms with Crippen molar-refractivity contribution in [2.75, 3.05) is 0 Å². The summed E-state index contributed by atoms with van der Waals surface area (Å²) in [6, 6.07) is 2.83. The number of aromatic hydroxyl groups is 1. The van der Waals surface area contributed by atoms with Crippen LogP contribution in [0.3, 0.4) is 0 Å². The van der Waals surface area contributed by atoms with Crippen LogP contribution in [-0.2, 0) is 0 Å². The molecule has 0 aliphatic rings. The van der Waals surface area contributed by atoms with Gasteiger partial charge in [0.05, 0.1) is 5.75 Å². The van der Waals surface area contributed by atoms with E-state index in [1.807, 2.05) is 0 Å². The summed E-state index contributed by atoms with van der Waals surface area (Å²) in [5, 5.41) is 8.77. The third kappa shape index (κ3) is 1.85. The van der Waals surface area contributed by atoms with Gasteiger partial charge in [0.15, 0.2) is 0 Å². The van der Waals surface area contributed by atoms with Crippen LogP contribution in [0.1, 0.15) is 0 Å². The maximum absolute atomic E-state index is 12.1. The second-order valence-electron chi connectivity index (χ2n) is 2.28. The summed E-state index contributed by atoms with van der Waals surface area (Å²) < 4.78 is 36.2. The zero-order valence-corrected chi connectivity index (χ0v) is 6.52. The zero-order chi connectivity index (χ0) is 9.35. The van der Waals surface area contributed by atoms with Gasteiger partial charge in [0.1, 0.15) is 0 Å². The van der Waals surface area contributed by atoms with E-state index in [1.165, 1.54) is 6.07 Å². The molecule has 0 amide bonds. The number of rotatable bonds is 1. The molecule has 0 bridgehead atoms. The van der Waals surface area contributed by atoms with Crippen molar-refractivity contribution in [1.82, 2.24) is 0 Å². The van der Waals surface area contributed by atoms with E-state index in [9.17, 15) is 12.9 Å². The lowest BCUT2D eigenvalue weighted by atomic mass is 9.79. The van der Waals surface area contributed by atoms with Gasteiger partial charge in [-0.1, -0.05) is 23.1 Å². The first-order valence-corrected chi connectivity index (χ1v) is 3.47. The van der Waals surface area contributed by atoms with Crippen LogP contribution < -0.4 is 5.46 Å². The Morgan fingerprint density at radius 3 is 2.25 bits per heavy atom. The first-order chi connectivity index (χ1) is 5.41. The fraction of sp³-hybridized carbons (Fsp3) is 0. The van der Waals surface area contributed by atoms with Gasteiger partial charge in [-0.2, -0.15) is 0 Å². The van der Waals surface area contributed by atoms with E-state index in [4.69, 9.17) is 16.7 Å². The van der Waals surface area contributed by atoms with Crippen molar-refractivity contribution in [1.29, 1.82) is 0 Å². The molecule has 0 fully saturated rings. The molecule has 0 aromatic heterocycles. The predicted octanol–water partition coefficient (Wildman–Crippen LogP) is 2.10. The molecule has 1 nitrogen and oxygen atoms in total. The summed E-state index contributed by atoms with van der Waals surface area (Å²) in [5.74, 6) is -0.785. The van der Waals surface area contributed by atoms with Crippen molar-refractivity contribution in [3.63, 3.8) is 0 Å². The van der Waals surface area contributed by atoms with Crippen molar-refractivity contribution >= 4 is 24.0 Å². The maximum Gasteiger partial charge on any atom is 0.513 e. The standard InChI is InChI=1S/C6H4BClF3O/c8-4-1-2-6(12)5(3-4)7(9,10)11/h1-3,12H/q-1. The highest BCUT2D eigenvalue weighted by molar-refractivity contribution is 6.74. The molecular formula is C6H4BClF3O-. The summed E-state index contributed by atoms with van der Waals surface area (Å²) in [5.41, 5.74) is -1.05. The van der Waals surface area contributed by atoms with Crippen molar-refractivity contribution in [3.05, 3.63) is 23.2 Å². The summed E-state index contributed by atoms with van der Waals surface area (Å²) in [7, 11) is 0. The van der Waals surface area contributed by atoms with Gasteiger partial charge in [-0.15, -0.1) is 0 Å². The average molecular weight is 195 g/mol. The fourth-order valence-corrected chi connectivity index (χ4v) is 0.968. The smallest absolute Gasteiger partial charge is 0.511 e. The lowest BCUT2D eigenvalue weighted by molar-refractivity contribution is 0.463. The molecular weight excluding hydrogens is 191 g/mol. The fourth-order valence-electron chi connectivity index (χ4n) is 0.788. The number of hydrogen-bond donors (Lipinski definition) is 1.